The number of nitrogens with zero attached hydrogens (tertiary/aromatic N) is 3. The van der Waals surface area contributed by atoms with E-state index >= 15 is 0 Å². The molecule has 0 bridgehead atoms. The molecule has 1 N–H and O–H groups in total. The maximum absolute atomic E-state index is 13.3. The largest absolute Gasteiger partial charge is 0.451 e. The summed E-state index contributed by atoms with van der Waals surface area (Å²) in [5, 5.41) is 7.44. The fraction of sp³-hybridized carbons (Fsp3) is 0.143. The summed E-state index contributed by atoms with van der Waals surface area (Å²) in [5.41, 5.74) is 2.21. The Hall–Kier alpha value is -4.72. The number of esters is 1. The van der Waals surface area contributed by atoms with Gasteiger partial charge in [0.1, 0.15) is 5.54 Å². The number of carbonyl (C=O) groups excluding carboxylic acids is 3. The van der Waals surface area contributed by atoms with E-state index in [4.69, 9.17) is 4.74 Å². The van der Waals surface area contributed by atoms with E-state index in [0.717, 1.165) is 5.56 Å². The number of anilines is 2. The number of amides is 2. The lowest BCUT2D eigenvalue weighted by Crippen LogP contribution is -2.59. The zero-order chi connectivity index (χ0) is 25.3. The van der Waals surface area contributed by atoms with Gasteiger partial charge in [-0.2, -0.15) is 5.10 Å². The number of nitrogens with one attached hydrogen (secondary N) is 1. The van der Waals surface area contributed by atoms with Crippen molar-refractivity contribution < 1.29 is 19.1 Å². The molecule has 2 amide bonds. The fourth-order valence-electron chi connectivity index (χ4n) is 4.21. The van der Waals surface area contributed by atoms with Gasteiger partial charge in [-0.25, -0.2) is 9.48 Å². The molecular formula is C28H24N4O4. The zero-order valence-electron chi connectivity index (χ0n) is 19.8. The van der Waals surface area contributed by atoms with Crippen LogP contribution in [0.4, 0.5) is 11.4 Å². The first-order valence-electron chi connectivity index (χ1n) is 11.5. The Bertz CT molecular complexity index is 1440. The second kappa shape index (κ2) is 9.14. The number of carbonyl (C=O) groups is 3. The normalized spacial score (nSPS) is 14.1. The van der Waals surface area contributed by atoms with Crippen molar-refractivity contribution in [3.8, 4) is 16.9 Å². The van der Waals surface area contributed by atoms with Crippen LogP contribution in [0.25, 0.3) is 16.9 Å². The number of rotatable bonds is 5. The molecule has 0 radical (unpaired) electrons. The van der Waals surface area contributed by atoms with E-state index in [1.54, 1.807) is 44.2 Å². The van der Waals surface area contributed by atoms with Crippen LogP contribution in [-0.4, -0.2) is 39.7 Å². The first-order valence-corrected chi connectivity index (χ1v) is 11.5. The summed E-state index contributed by atoms with van der Waals surface area (Å²) in [6.45, 7) is 2.76. The molecule has 0 aliphatic carbocycles. The van der Waals surface area contributed by atoms with Crippen LogP contribution < -0.4 is 10.2 Å². The van der Waals surface area contributed by atoms with E-state index < -0.39 is 24.0 Å². The van der Waals surface area contributed by atoms with Gasteiger partial charge in [0.15, 0.2) is 12.3 Å². The third-order valence-electron chi connectivity index (χ3n) is 6.07. The summed E-state index contributed by atoms with van der Waals surface area (Å²) in [4.78, 5) is 40.5. The van der Waals surface area contributed by atoms with Crippen molar-refractivity contribution in [2.75, 3.05) is 16.8 Å². The molecule has 0 spiro atoms. The van der Waals surface area contributed by atoms with Gasteiger partial charge in [-0.3, -0.25) is 14.5 Å². The van der Waals surface area contributed by atoms with Crippen molar-refractivity contribution in [1.82, 2.24) is 9.78 Å². The molecule has 5 rings (SSSR count). The topological polar surface area (TPSA) is 93.5 Å². The standard InChI is InChI=1S/C28H24N4O4/c1-28(2)27(35)29-21-15-9-10-16-23(21)31(28)25(33)18-36-26(34)24-17-22(19-11-5-3-6-12-19)30-32(24)20-13-7-4-8-14-20/h3-17H,18H2,1-2H3,(H,29,35). The second-order valence-corrected chi connectivity index (χ2v) is 8.86. The van der Waals surface area contributed by atoms with Gasteiger partial charge in [-0.05, 0) is 44.2 Å². The third-order valence-corrected chi connectivity index (χ3v) is 6.07. The van der Waals surface area contributed by atoms with Gasteiger partial charge >= 0.3 is 5.97 Å². The van der Waals surface area contributed by atoms with Crippen molar-refractivity contribution >= 4 is 29.2 Å². The summed E-state index contributed by atoms with van der Waals surface area (Å²) in [6.07, 6.45) is 0. The number of hydrogen-bond donors (Lipinski definition) is 1. The number of aromatic nitrogens is 2. The Labute approximate surface area is 208 Å². The molecule has 0 saturated heterocycles. The van der Waals surface area contributed by atoms with Crippen molar-refractivity contribution in [2.45, 2.75) is 19.4 Å². The minimum absolute atomic E-state index is 0.184. The molecule has 1 aliphatic rings. The lowest BCUT2D eigenvalue weighted by atomic mass is 9.96. The van der Waals surface area contributed by atoms with Crippen LogP contribution in [0.15, 0.2) is 91.0 Å². The van der Waals surface area contributed by atoms with Gasteiger partial charge in [0.05, 0.1) is 22.8 Å². The average Bonchev–Trinajstić information content (AvgIpc) is 3.34. The van der Waals surface area contributed by atoms with Crippen molar-refractivity contribution in [3.05, 3.63) is 96.7 Å². The molecule has 0 unspecified atom stereocenters. The van der Waals surface area contributed by atoms with Crippen LogP contribution >= 0.6 is 0 Å². The van der Waals surface area contributed by atoms with E-state index in [2.05, 4.69) is 10.4 Å². The molecule has 1 aromatic heterocycles. The SMILES string of the molecule is CC1(C)C(=O)Nc2ccccc2N1C(=O)COC(=O)c1cc(-c2ccccc2)nn1-c1ccccc1. The van der Waals surface area contributed by atoms with Crippen LogP contribution in [0, 0.1) is 0 Å². The molecule has 0 saturated carbocycles. The highest BCUT2D eigenvalue weighted by molar-refractivity contribution is 6.14. The Morgan fingerprint density at radius 2 is 1.56 bits per heavy atom. The molecule has 0 fully saturated rings. The predicted octanol–water partition coefficient (Wildman–Crippen LogP) is 4.46. The van der Waals surface area contributed by atoms with Gasteiger partial charge in [-0.15, -0.1) is 0 Å². The van der Waals surface area contributed by atoms with Crippen LogP contribution in [-0.2, 0) is 14.3 Å². The summed E-state index contributed by atoms with van der Waals surface area (Å²) in [6, 6.07) is 27.4. The summed E-state index contributed by atoms with van der Waals surface area (Å²) >= 11 is 0. The highest BCUT2D eigenvalue weighted by Gasteiger charge is 2.43. The highest BCUT2D eigenvalue weighted by Crippen LogP contribution is 2.36. The lowest BCUT2D eigenvalue weighted by Gasteiger charge is -2.41. The van der Waals surface area contributed by atoms with Crippen LogP contribution in [0.5, 0.6) is 0 Å². The third kappa shape index (κ3) is 4.13. The quantitative estimate of drug-likeness (QED) is 0.426. The predicted molar refractivity (Wildman–Crippen MR) is 136 cm³/mol. The smallest absolute Gasteiger partial charge is 0.357 e. The van der Waals surface area contributed by atoms with E-state index in [-0.39, 0.29) is 11.6 Å². The molecule has 0 atom stereocenters. The number of ether oxygens (including phenoxy) is 1. The Kier molecular flexibility index (Phi) is 5.85. The molecular weight excluding hydrogens is 456 g/mol. The van der Waals surface area contributed by atoms with Gasteiger partial charge in [0.2, 0.25) is 5.91 Å². The molecule has 180 valence electrons. The second-order valence-electron chi connectivity index (χ2n) is 8.86. The molecule has 2 heterocycles. The van der Waals surface area contributed by atoms with Crippen LogP contribution in [0.1, 0.15) is 24.3 Å². The van der Waals surface area contributed by atoms with E-state index in [0.29, 0.717) is 22.8 Å². The number of benzene rings is 3. The highest BCUT2D eigenvalue weighted by atomic mass is 16.5. The molecule has 4 aromatic rings. The Balaban J connectivity index is 1.43. The van der Waals surface area contributed by atoms with Gasteiger partial charge < -0.3 is 10.1 Å². The van der Waals surface area contributed by atoms with Gasteiger partial charge in [-0.1, -0.05) is 60.7 Å². The Morgan fingerprint density at radius 3 is 2.28 bits per heavy atom. The maximum Gasteiger partial charge on any atom is 0.357 e. The van der Waals surface area contributed by atoms with E-state index in [1.165, 1.54) is 9.58 Å². The van der Waals surface area contributed by atoms with Crippen molar-refractivity contribution in [3.63, 3.8) is 0 Å². The van der Waals surface area contributed by atoms with Crippen molar-refractivity contribution in [1.29, 1.82) is 0 Å². The fourth-order valence-corrected chi connectivity index (χ4v) is 4.21. The van der Waals surface area contributed by atoms with Crippen molar-refractivity contribution in [2.24, 2.45) is 0 Å². The summed E-state index contributed by atoms with van der Waals surface area (Å²) in [5.74, 6) is -1.53. The first kappa shape index (κ1) is 23.0. The average molecular weight is 481 g/mol. The number of hydrogen-bond acceptors (Lipinski definition) is 5. The maximum atomic E-state index is 13.3. The first-order chi connectivity index (χ1) is 17.4. The number of para-hydroxylation sites is 3. The molecule has 8 heteroatoms. The van der Waals surface area contributed by atoms with E-state index in [1.807, 2.05) is 60.7 Å². The number of fused-ring (bicyclic) bond motifs is 1. The van der Waals surface area contributed by atoms with Crippen LogP contribution in [0.2, 0.25) is 0 Å². The summed E-state index contributed by atoms with van der Waals surface area (Å²) in [7, 11) is 0. The monoisotopic (exact) mass is 480 g/mol. The van der Waals surface area contributed by atoms with Gasteiger partial charge in [0, 0.05) is 5.56 Å². The molecule has 36 heavy (non-hydrogen) atoms. The zero-order valence-corrected chi connectivity index (χ0v) is 19.8. The molecule has 3 aromatic carbocycles. The van der Waals surface area contributed by atoms with E-state index in [9.17, 15) is 14.4 Å². The van der Waals surface area contributed by atoms with Gasteiger partial charge in [0.25, 0.3) is 5.91 Å². The summed E-state index contributed by atoms with van der Waals surface area (Å²) < 4.78 is 6.98. The molecule has 8 nitrogen and oxygen atoms in total. The van der Waals surface area contributed by atoms with Crippen LogP contribution in [0.3, 0.4) is 0 Å². The minimum atomic E-state index is -1.16. The molecule has 1 aliphatic heterocycles. The minimum Gasteiger partial charge on any atom is -0.451 e. The Morgan fingerprint density at radius 1 is 0.917 bits per heavy atom. The lowest BCUT2D eigenvalue weighted by molar-refractivity contribution is -0.128.